The van der Waals surface area contributed by atoms with Crippen LogP contribution in [0.2, 0.25) is 0 Å². The van der Waals surface area contributed by atoms with Crippen LogP contribution in [0, 0.1) is 0 Å². The number of anilines is 1. The molecule has 0 atom stereocenters. The zero-order valence-corrected chi connectivity index (χ0v) is 13.3. The van der Waals surface area contributed by atoms with Gasteiger partial charge in [0.25, 0.3) is 0 Å². The second-order valence-electron chi connectivity index (χ2n) is 4.44. The van der Waals surface area contributed by atoms with Gasteiger partial charge in [-0.25, -0.2) is 0 Å². The third-order valence-electron chi connectivity index (χ3n) is 2.96. The monoisotopic (exact) mass is 306 g/mol. The first-order valence-electron chi connectivity index (χ1n) is 6.41. The van der Waals surface area contributed by atoms with E-state index in [1.807, 2.05) is 25.2 Å². The Hall–Kier alpha value is -1.46. The van der Waals surface area contributed by atoms with Crippen molar-refractivity contribution in [2.45, 2.75) is 18.4 Å². The third-order valence-corrected chi connectivity index (χ3v) is 4.11. The van der Waals surface area contributed by atoms with E-state index in [-0.39, 0.29) is 0 Å². The third kappa shape index (κ3) is 3.35. The van der Waals surface area contributed by atoms with E-state index < -0.39 is 0 Å². The Morgan fingerprint density at radius 1 is 1.40 bits per heavy atom. The SMILES string of the molecule is CCSc1cccc(N(C)Cc2ccoc2)c1C(N)=S. The summed E-state index contributed by atoms with van der Waals surface area (Å²) in [5, 5.41) is 0. The van der Waals surface area contributed by atoms with Crippen LogP contribution in [0.3, 0.4) is 0 Å². The molecule has 3 nitrogen and oxygen atoms in total. The Balaban J connectivity index is 2.34. The summed E-state index contributed by atoms with van der Waals surface area (Å²) in [5.74, 6) is 0.991. The van der Waals surface area contributed by atoms with E-state index in [4.69, 9.17) is 22.4 Å². The Labute approximate surface area is 129 Å². The Bertz CT molecular complexity index is 582. The van der Waals surface area contributed by atoms with Crippen LogP contribution >= 0.6 is 24.0 Å². The van der Waals surface area contributed by atoms with Gasteiger partial charge in [0.05, 0.1) is 12.5 Å². The van der Waals surface area contributed by atoms with Gasteiger partial charge >= 0.3 is 0 Å². The van der Waals surface area contributed by atoms with Gasteiger partial charge in [-0.1, -0.05) is 25.2 Å². The highest BCUT2D eigenvalue weighted by Crippen LogP contribution is 2.31. The summed E-state index contributed by atoms with van der Waals surface area (Å²) in [6.45, 7) is 2.88. The lowest BCUT2D eigenvalue weighted by molar-refractivity contribution is 0.563. The maximum atomic E-state index is 5.93. The maximum absolute atomic E-state index is 5.93. The molecule has 0 unspecified atom stereocenters. The molecule has 1 aromatic heterocycles. The van der Waals surface area contributed by atoms with E-state index in [2.05, 4.69) is 17.9 Å². The summed E-state index contributed by atoms with van der Waals surface area (Å²) in [6.07, 6.45) is 3.43. The van der Waals surface area contributed by atoms with Crippen LogP contribution in [0.1, 0.15) is 18.1 Å². The molecule has 20 heavy (non-hydrogen) atoms. The highest BCUT2D eigenvalue weighted by Gasteiger charge is 2.14. The number of hydrogen-bond donors (Lipinski definition) is 1. The molecule has 2 aromatic rings. The summed E-state index contributed by atoms with van der Waals surface area (Å²) in [7, 11) is 2.03. The number of rotatable bonds is 6. The van der Waals surface area contributed by atoms with Crippen molar-refractivity contribution in [1.82, 2.24) is 0 Å². The van der Waals surface area contributed by atoms with Crippen molar-refractivity contribution < 1.29 is 4.42 Å². The predicted molar refractivity (Wildman–Crippen MR) is 89.5 cm³/mol. The summed E-state index contributed by atoms with van der Waals surface area (Å²) >= 11 is 6.99. The largest absolute Gasteiger partial charge is 0.472 e. The lowest BCUT2D eigenvalue weighted by atomic mass is 10.1. The molecule has 0 radical (unpaired) electrons. The zero-order chi connectivity index (χ0) is 14.5. The smallest absolute Gasteiger partial charge is 0.107 e. The summed E-state index contributed by atoms with van der Waals surface area (Å²) in [5.41, 5.74) is 9.06. The molecule has 1 heterocycles. The number of furan rings is 1. The first kappa shape index (κ1) is 14.9. The first-order chi connectivity index (χ1) is 9.63. The summed E-state index contributed by atoms with van der Waals surface area (Å²) in [4.78, 5) is 3.71. The van der Waals surface area contributed by atoms with Crippen LogP contribution < -0.4 is 10.6 Å². The standard InChI is InChI=1S/C15H18N2OS2/c1-3-20-13-6-4-5-12(14(13)15(16)19)17(2)9-11-7-8-18-10-11/h4-8,10H,3,9H2,1-2H3,(H2,16,19). The molecule has 5 heteroatoms. The van der Waals surface area contributed by atoms with E-state index in [0.717, 1.165) is 34.0 Å². The van der Waals surface area contributed by atoms with Crippen LogP contribution in [-0.2, 0) is 6.54 Å². The molecule has 0 amide bonds. The quantitative estimate of drug-likeness (QED) is 0.651. The van der Waals surface area contributed by atoms with Crippen molar-refractivity contribution in [2.75, 3.05) is 17.7 Å². The van der Waals surface area contributed by atoms with Crippen LogP contribution in [0.4, 0.5) is 5.69 Å². The minimum atomic E-state index is 0.440. The molecule has 2 N–H and O–H groups in total. The van der Waals surface area contributed by atoms with Crippen molar-refractivity contribution in [3.8, 4) is 0 Å². The number of nitrogens with zero attached hydrogens (tertiary/aromatic N) is 1. The van der Waals surface area contributed by atoms with Gasteiger partial charge in [0.15, 0.2) is 0 Å². The van der Waals surface area contributed by atoms with E-state index in [9.17, 15) is 0 Å². The van der Waals surface area contributed by atoms with Crippen LogP contribution in [-0.4, -0.2) is 17.8 Å². The highest BCUT2D eigenvalue weighted by atomic mass is 32.2. The van der Waals surface area contributed by atoms with Gasteiger partial charge < -0.3 is 15.1 Å². The van der Waals surface area contributed by atoms with Gasteiger partial charge in [0.1, 0.15) is 4.99 Å². The normalized spacial score (nSPS) is 10.5. The molecule has 1 aromatic carbocycles. The molecule has 0 saturated carbocycles. The molecule has 2 rings (SSSR count). The molecule has 0 aliphatic heterocycles. The topological polar surface area (TPSA) is 42.4 Å². The van der Waals surface area contributed by atoms with Crippen LogP contribution in [0.25, 0.3) is 0 Å². The van der Waals surface area contributed by atoms with Crippen molar-refractivity contribution in [1.29, 1.82) is 0 Å². The second-order valence-corrected chi connectivity index (χ2v) is 6.18. The first-order valence-corrected chi connectivity index (χ1v) is 7.80. The number of thiocarbonyl (C=S) groups is 1. The lowest BCUT2D eigenvalue weighted by Crippen LogP contribution is -2.22. The van der Waals surface area contributed by atoms with Crippen molar-refractivity contribution in [2.24, 2.45) is 5.73 Å². The molecule has 106 valence electrons. The number of hydrogen-bond acceptors (Lipinski definition) is 4. The van der Waals surface area contributed by atoms with E-state index in [0.29, 0.717) is 4.99 Å². The van der Waals surface area contributed by atoms with Gasteiger partial charge in [-0.2, -0.15) is 0 Å². The zero-order valence-electron chi connectivity index (χ0n) is 11.6. The van der Waals surface area contributed by atoms with Crippen LogP contribution in [0.15, 0.2) is 46.1 Å². The van der Waals surface area contributed by atoms with Crippen molar-refractivity contribution in [3.63, 3.8) is 0 Å². The van der Waals surface area contributed by atoms with Gasteiger partial charge in [0, 0.05) is 35.3 Å². The van der Waals surface area contributed by atoms with E-state index in [1.54, 1.807) is 24.3 Å². The van der Waals surface area contributed by atoms with Crippen molar-refractivity contribution >= 4 is 34.7 Å². The minimum absolute atomic E-state index is 0.440. The van der Waals surface area contributed by atoms with Gasteiger partial charge in [-0.05, 0) is 24.0 Å². The summed E-state index contributed by atoms with van der Waals surface area (Å²) < 4.78 is 5.11. The fraction of sp³-hybridized carbons (Fsp3) is 0.267. The molecular formula is C15H18N2OS2. The fourth-order valence-corrected chi connectivity index (χ4v) is 3.23. The Kier molecular flexibility index (Phi) is 5.09. The van der Waals surface area contributed by atoms with Gasteiger partial charge in [-0.15, -0.1) is 11.8 Å². The lowest BCUT2D eigenvalue weighted by Gasteiger charge is -2.23. The maximum Gasteiger partial charge on any atom is 0.107 e. The average Bonchev–Trinajstić information content (AvgIpc) is 2.91. The predicted octanol–water partition coefficient (Wildman–Crippen LogP) is 3.66. The van der Waals surface area contributed by atoms with E-state index in [1.165, 1.54) is 0 Å². The molecule has 0 aliphatic carbocycles. The van der Waals surface area contributed by atoms with Gasteiger partial charge in [0.2, 0.25) is 0 Å². The highest BCUT2D eigenvalue weighted by molar-refractivity contribution is 7.99. The molecule has 0 aliphatic rings. The van der Waals surface area contributed by atoms with Crippen molar-refractivity contribution in [3.05, 3.63) is 47.9 Å². The molecule has 0 spiro atoms. The Morgan fingerprint density at radius 2 is 2.20 bits per heavy atom. The Morgan fingerprint density at radius 3 is 2.80 bits per heavy atom. The van der Waals surface area contributed by atoms with Crippen LogP contribution in [0.5, 0.6) is 0 Å². The average molecular weight is 306 g/mol. The molecule has 0 saturated heterocycles. The summed E-state index contributed by atoms with van der Waals surface area (Å²) in [6, 6.07) is 8.12. The number of nitrogens with two attached hydrogens (primary N) is 1. The van der Waals surface area contributed by atoms with Gasteiger partial charge in [-0.3, -0.25) is 0 Å². The van der Waals surface area contributed by atoms with E-state index >= 15 is 0 Å². The second kappa shape index (κ2) is 6.81. The minimum Gasteiger partial charge on any atom is -0.472 e. The number of thioether (sulfide) groups is 1. The fourth-order valence-electron chi connectivity index (χ4n) is 2.10. The molecule has 0 fully saturated rings. The number of benzene rings is 1. The molecular weight excluding hydrogens is 288 g/mol. The molecule has 0 bridgehead atoms.